The van der Waals surface area contributed by atoms with Crippen molar-refractivity contribution in [1.29, 1.82) is 5.26 Å². The van der Waals surface area contributed by atoms with Crippen LogP contribution >= 0.6 is 0 Å². The zero-order valence-electron chi connectivity index (χ0n) is 12.9. The highest BCUT2D eigenvalue weighted by Gasteiger charge is 2.15. The SMILES string of the molecule is Cc1ccc(C#CCCNC(=O)OC(C)(C)C)cc1C#N. The van der Waals surface area contributed by atoms with Crippen LogP contribution in [0.5, 0.6) is 0 Å². The second kappa shape index (κ2) is 7.36. The molecule has 0 saturated carbocycles. The number of nitrogens with zero attached hydrogens (tertiary/aromatic N) is 1. The van der Waals surface area contributed by atoms with Crippen LogP contribution in [0.25, 0.3) is 0 Å². The molecule has 0 atom stereocenters. The average Bonchev–Trinajstić information content (AvgIpc) is 2.38. The number of nitrogens with one attached hydrogen (secondary N) is 1. The Morgan fingerprint density at radius 3 is 2.71 bits per heavy atom. The first-order chi connectivity index (χ1) is 9.81. The van der Waals surface area contributed by atoms with Crippen LogP contribution in [0, 0.1) is 30.1 Å². The summed E-state index contributed by atoms with van der Waals surface area (Å²) in [7, 11) is 0. The minimum atomic E-state index is -0.495. The van der Waals surface area contributed by atoms with Crippen molar-refractivity contribution in [3.63, 3.8) is 0 Å². The minimum Gasteiger partial charge on any atom is -0.444 e. The van der Waals surface area contributed by atoms with E-state index in [2.05, 4.69) is 23.2 Å². The first-order valence-corrected chi connectivity index (χ1v) is 6.78. The lowest BCUT2D eigenvalue weighted by Crippen LogP contribution is -2.32. The summed E-state index contributed by atoms with van der Waals surface area (Å²) in [5, 5.41) is 11.6. The normalized spacial score (nSPS) is 10.0. The molecule has 1 aromatic carbocycles. The molecule has 1 rings (SSSR count). The molecule has 110 valence electrons. The molecule has 0 unspecified atom stereocenters. The third kappa shape index (κ3) is 6.49. The molecule has 1 amide bonds. The van der Waals surface area contributed by atoms with Crippen molar-refractivity contribution in [2.75, 3.05) is 6.54 Å². The van der Waals surface area contributed by atoms with Crippen molar-refractivity contribution in [1.82, 2.24) is 5.32 Å². The Hall–Kier alpha value is -2.46. The Labute approximate surface area is 126 Å². The van der Waals surface area contributed by atoms with Gasteiger partial charge in [-0.1, -0.05) is 17.9 Å². The fraction of sp³-hybridized carbons (Fsp3) is 0.412. The first kappa shape index (κ1) is 16.6. The number of carbonyl (C=O) groups is 1. The molecule has 0 radical (unpaired) electrons. The minimum absolute atomic E-state index is 0.429. The molecule has 4 nitrogen and oxygen atoms in total. The molecule has 0 bridgehead atoms. The van der Waals surface area contributed by atoms with Gasteiger partial charge >= 0.3 is 6.09 Å². The molecular formula is C17H20N2O2. The van der Waals surface area contributed by atoms with E-state index in [1.165, 1.54) is 0 Å². The largest absolute Gasteiger partial charge is 0.444 e. The predicted octanol–water partition coefficient (Wildman–Crippen LogP) is 3.13. The van der Waals surface area contributed by atoms with Crippen LogP contribution in [0.15, 0.2) is 18.2 Å². The predicted molar refractivity (Wildman–Crippen MR) is 81.6 cm³/mol. The second-order valence-electron chi connectivity index (χ2n) is 5.62. The monoisotopic (exact) mass is 284 g/mol. The van der Waals surface area contributed by atoms with Gasteiger partial charge in [0.1, 0.15) is 5.60 Å². The van der Waals surface area contributed by atoms with Gasteiger partial charge in [-0.25, -0.2) is 4.79 Å². The first-order valence-electron chi connectivity index (χ1n) is 6.78. The number of ether oxygens (including phenoxy) is 1. The standard InChI is InChI=1S/C17H20N2O2/c1-13-8-9-14(11-15(13)12-18)7-5-6-10-19-16(20)21-17(2,3)4/h8-9,11H,6,10H2,1-4H3,(H,19,20). The van der Waals surface area contributed by atoms with E-state index in [-0.39, 0.29) is 0 Å². The molecule has 0 aromatic heterocycles. The van der Waals surface area contributed by atoms with Gasteiger partial charge in [-0.3, -0.25) is 0 Å². The smallest absolute Gasteiger partial charge is 0.407 e. The summed E-state index contributed by atoms with van der Waals surface area (Å²) in [6.45, 7) is 7.77. The fourth-order valence-electron chi connectivity index (χ4n) is 1.53. The summed E-state index contributed by atoms with van der Waals surface area (Å²) in [5.74, 6) is 5.94. The number of amides is 1. The van der Waals surface area contributed by atoms with Crippen LogP contribution in [-0.2, 0) is 4.74 Å². The maximum Gasteiger partial charge on any atom is 0.407 e. The lowest BCUT2D eigenvalue weighted by molar-refractivity contribution is 0.0529. The molecule has 0 saturated heterocycles. The van der Waals surface area contributed by atoms with Crippen molar-refractivity contribution in [3.8, 4) is 17.9 Å². The Morgan fingerprint density at radius 2 is 2.10 bits per heavy atom. The summed E-state index contributed by atoms with van der Waals surface area (Å²) in [5.41, 5.74) is 1.88. The van der Waals surface area contributed by atoms with Gasteiger partial charge in [-0.15, -0.1) is 0 Å². The number of benzene rings is 1. The Bertz CT molecular complexity index is 610. The van der Waals surface area contributed by atoms with Crippen LogP contribution in [0.4, 0.5) is 4.79 Å². The van der Waals surface area contributed by atoms with E-state index < -0.39 is 11.7 Å². The molecule has 1 N–H and O–H groups in total. The lowest BCUT2D eigenvalue weighted by Gasteiger charge is -2.19. The van der Waals surface area contributed by atoms with Crippen LogP contribution in [0.2, 0.25) is 0 Å². The van der Waals surface area contributed by atoms with E-state index in [0.717, 1.165) is 11.1 Å². The number of aryl methyl sites for hydroxylation is 1. The van der Waals surface area contributed by atoms with Gasteiger partial charge in [-0.05, 0) is 45.4 Å². The topological polar surface area (TPSA) is 62.1 Å². The molecule has 1 aromatic rings. The molecule has 0 aliphatic rings. The fourth-order valence-corrected chi connectivity index (χ4v) is 1.53. The number of nitriles is 1. The molecule has 0 aliphatic heterocycles. The van der Waals surface area contributed by atoms with Crippen molar-refractivity contribution in [2.24, 2.45) is 0 Å². The molecule has 0 spiro atoms. The molecule has 0 fully saturated rings. The molecule has 4 heteroatoms. The van der Waals surface area contributed by atoms with Crippen molar-refractivity contribution >= 4 is 6.09 Å². The van der Waals surface area contributed by atoms with Crippen LogP contribution in [-0.4, -0.2) is 18.2 Å². The summed E-state index contributed by atoms with van der Waals surface area (Å²) in [6.07, 6.45) is 0.0843. The number of alkyl carbamates (subject to hydrolysis) is 1. The summed E-state index contributed by atoms with van der Waals surface area (Å²) >= 11 is 0. The molecule has 0 aliphatic carbocycles. The summed E-state index contributed by atoms with van der Waals surface area (Å²) < 4.78 is 5.11. The zero-order chi connectivity index (χ0) is 15.9. The van der Waals surface area contributed by atoms with Crippen LogP contribution < -0.4 is 5.32 Å². The summed E-state index contributed by atoms with van der Waals surface area (Å²) in [6, 6.07) is 7.66. The van der Waals surface area contributed by atoms with E-state index in [4.69, 9.17) is 10.00 Å². The van der Waals surface area contributed by atoms with Gasteiger partial charge in [0.05, 0.1) is 11.6 Å². The van der Waals surface area contributed by atoms with Crippen LogP contribution in [0.3, 0.4) is 0 Å². The Balaban J connectivity index is 2.44. The second-order valence-corrected chi connectivity index (χ2v) is 5.62. The molecule has 21 heavy (non-hydrogen) atoms. The van der Waals surface area contributed by atoms with E-state index in [1.54, 1.807) is 6.07 Å². The molecular weight excluding hydrogens is 264 g/mol. The third-order valence-electron chi connectivity index (χ3n) is 2.51. The maximum absolute atomic E-state index is 11.4. The quantitative estimate of drug-likeness (QED) is 0.670. The van der Waals surface area contributed by atoms with E-state index in [1.807, 2.05) is 39.8 Å². The zero-order valence-corrected chi connectivity index (χ0v) is 12.9. The number of carbonyl (C=O) groups excluding carboxylic acids is 1. The average molecular weight is 284 g/mol. The Kier molecular flexibility index (Phi) is 5.81. The molecule has 0 heterocycles. The van der Waals surface area contributed by atoms with Gasteiger partial charge in [0.15, 0.2) is 0 Å². The maximum atomic E-state index is 11.4. The van der Waals surface area contributed by atoms with E-state index >= 15 is 0 Å². The Morgan fingerprint density at radius 1 is 1.38 bits per heavy atom. The number of hydrogen-bond acceptors (Lipinski definition) is 3. The van der Waals surface area contributed by atoms with Crippen molar-refractivity contribution in [3.05, 3.63) is 34.9 Å². The van der Waals surface area contributed by atoms with Crippen molar-refractivity contribution < 1.29 is 9.53 Å². The van der Waals surface area contributed by atoms with Crippen LogP contribution in [0.1, 0.15) is 43.9 Å². The highest BCUT2D eigenvalue weighted by Crippen LogP contribution is 2.09. The number of hydrogen-bond donors (Lipinski definition) is 1. The van der Waals surface area contributed by atoms with Gasteiger partial charge in [0.2, 0.25) is 0 Å². The van der Waals surface area contributed by atoms with E-state index in [0.29, 0.717) is 18.5 Å². The van der Waals surface area contributed by atoms with Gasteiger partial charge in [-0.2, -0.15) is 5.26 Å². The summed E-state index contributed by atoms with van der Waals surface area (Å²) in [4.78, 5) is 11.4. The van der Waals surface area contributed by atoms with Crippen molar-refractivity contribution in [2.45, 2.75) is 39.7 Å². The third-order valence-corrected chi connectivity index (χ3v) is 2.51. The van der Waals surface area contributed by atoms with E-state index in [9.17, 15) is 4.79 Å². The highest BCUT2D eigenvalue weighted by molar-refractivity contribution is 5.67. The van der Waals surface area contributed by atoms with Gasteiger partial charge < -0.3 is 10.1 Å². The lowest BCUT2D eigenvalue weighted by atomic mass is 10.1. The highest BCUT2D eigenvalue weighted by atomic mass is 16.6. The van der Waals surface area contributed by atoms with Gasteiger partial charge in [0.25, 0.3) is 0 Å². The van der Waals surface area contributed by atoms with Gasteiger partial charge in [0, 0.05) is 18.5 Å². The number of rotatable bonds is 2.